The van der Waals surface area contributed by atoms with Gasteiger partial charge in [-0.05, 0) is 91.4 Å². The molecule has 204 valence electrons. The van der Waals surface area contributed by atoms with Gasteiger partial charge in [0, 0.05) is 35.7 Å². The molecule has 3 aromatic heterocycles. The minimum atomic E-state index is -0.239. The Hall–Kier alpha value is -5.02. The quantitative estimate of drug-likeness (QED) is 0.233. The summed E-state index contributed by atoms with van der Waals surface area (Å²) in [5.41, 5.74) is 4.54. The molecule has 6 rings (SSSR count). The van der Waals surface area contributed by atoms with Crippen LogP contribution in [0.3, 0.4) is 0 Å². The Morgan fingerprint density at radius 2 is 1.76 bits per heavy atom. The zero-order valence-electron chi connectivity index (χ0n) is 22.3. The molecule has 0 radical (unpaired) electrons. The van der Waals surface area contributed by atoms with Gasteiger partial charge in [-0.25, -0.2) is 4.98 Å². The highest BCUT2D eigenvalue weighted by atomic mass is 32.1. The lowest BCUT2D eigenvalue weighted by atomic mass is 10.0. The third-order valence-corrected chi connectivity index (χ3v) is 7.18. The number of benzene rings is 2. The second-order valence-corrected chi connectivity index (χ2v) is 10.1. The number of nitrogens with zero attached hydrogens (tertiary/aromatic N) is 4. The maximum absolute atomic E-state index is 12.5. The Morgan fingerprint density at radius 3 is 2.49 bits per heavy atom. The third-order valence-electron chi connectivity index (χ3n) is 6.87. The average Bonchev–Trinajstić information content (AvgIpc) is 3.62. The van der Waals surface area contributed by atoms with E-state index in [4.69, 9.17) is 17.0 Å². The van der Waals surface area contributed by atoms with E-state index in [0.717, 1.165) is 28.5 Å². The van der Waals surface area contributed by atoms with E-state index in [1.54, 1.807) is 6.20 Å². The van der Waals surface area contributed by atoms with Crippen molar-refractivity contribution in [2.45, 2.75) is 19.0 Å². The Bertz CT molecular complexity index is 1640. The summed E-state index contributed by atoms with van der Waals surface area (Å²) in [4.78, 5) is 23.9. The van der Waals surface area contributed by atoms with Crippen molar-refractivity contribution in [3.63, 3.8) is 0 Å². The number of hydrogen-bond donors (Lipinski definition) is 2. The number of carbonyl (C=O) groups is 1. The van der Waals surface area contributed by atoms with Crippen LogP contribution in [0.15, 0.2) is 116 Å². The number of aryl methyl sites for hydroxylation is 1. The smallest absolute Gasteiger partial charge is 0.262 e. The number of thiocarbonyl (C=S) groups is 1. The van der Waals surface area contributed by atoms with E-state index in [0.29, 0.717) is 16.5 Å². The lowest BCUT2D eigenvalue weighted by molar-refractivity contribution is -0.118. The third kappa shape index (κ3) is 5.66. The van der Waals surface area contributed by atoms with Crippen molar-refractivity contribution >= 4 is 34.6 Å². The average molecular weight is 561 g/mol. The number of nitrogens with one attached hydrogen (secondary N) is 2. The zero-order chi connectivity index (χ0) is 28.2. The van der Waals surface area contributed by atoms with Gasteiger partial charge in [-0.3, -0.25) is 9.78 Å². The van der Waals surface area contributed by atoms with Crippen LogP contribution in [0, 0.1) is 6.92 Å². The molecule has 9 heteroatoms. The number of para-hydroxylation sites is 1. The molecule has 0 saturated carbocycles. The van der Waals surface area contributed by atoms with E-state index < -0.39 is 0 Å². The summed E-state index contributed by atoms with van der Waals surface area (Å²) < 4.78 is 7.65. The Balaban J connectivity index is 1.28. The number of carbonyl (C=O) groups excluding carboxylic acids is 1. The number of amides is 1. The molecular formula is C32H28N6O2S. The first-order chi connectivity index (χ1) is 20.1. The molecule has 0 bridgehead atoms. The molecule has 0 aliphatic carbocycles. The summed E-state index contributed by atoms with van der Waals surface area (Å²) in [5, 5.41) is 6.98. The van der Waals surface area contributed by atoms with Crippen molar-refractivity contribution < 1.29 is 9.53 Å². The van der Waals surface area contributed by atoms with Crippen LogP contribution in [-0.4, -0.2) is 32.2 Å². The number of pyridine rings is 2. The lowest BCUT2D eigenvalue weighted by Crippen LogP contribution is -2.30. The molecule has 8 nitrogen and oxygen atoms in total. The van der Waals surface area contributed by atoms with Crippen LogP contribution in [0.4, 0.5) is 11.4 Å². The maximum atomic E-state index is 12.5. The van der Waals surface area contributed by atoms with Gasteiger partial charge in [0.2, 0.25) is 0 Å². The monoisotopic (exact) mass is 560 g/mol. The lowest BCUT2D eigenvalue weighted by Gasteiger charge is -2.29. The molecule has 2 atom stereocenters. The molecule has 41 heavy (non-hydrogen) atoms. The largest absolute Gasteiger partial charge is 0.484 e. The predicted octanol–water partition coefficient (Wildman–Crippen LogP) is 5.77. The second kappa shape index (κ2) is 11.6. The number of hydrogen-bond acceptors (Lipinski definition) is 5. The molecule has 1 saturated heterocycles. The highest BCUT2D eigenvalue weighted by Gasteiger charge is 2.42. The molecule has 5 aromatic rings. The minimum absolute atomic E-state index is 0.0796. The SMILES string of the molecule is Cc1ccc(-n2cccc2[C@@H]2[C@H](c3ccccn3)NC(=S)N2c2ccc(NC(=O)COc3ccccc3)cc2)nc1. The van der Waals surface area contributed by atoms with Crippen LogP contribution in [0.1, 0.15) is 29.0 Å². The summed E-state index contributed by atoms with van der Waals surface area (Å²) in [5.74, 6) is 1.23. The van der Waals surface area contributed by atoms with Crippen molar-refractivity contribution in [1.82, 2.24) is 19.9 Å². The van der Waals surface area contributed by atoms with E-state index in [-0.39, 0.29) is 24.6 Å². The number of aromatic nitrogens is 3. The first-order valence-corrected chi connectivity index (χ1v) is 13.7. The maximum Gasteiger partial charge on any atom is 0.262 e. The number of rotatable bonds is 8. The van der Waals surface area contributed by atoms with Gasteiger partial charge in [-0.1, -0.05) is 30.3 Å². The summed E-state index contributed by atoms with van der Waals surface area (Å²) in [7, 11) is 0. The van der Waals surface area contributed by atoms with Crippen LogP contribution in [0.2, 0.25) is 0 Å². The Labute approximate surface area is 243 Å². The molecule has 4 heterocycles. The van der Waals surface area contributed by atoms with E-state index in [2.05, 4.69) is 42.2 Å². The van der Waals surface area contributed by atoms with Crippen LogP contribution in [0.5, 0.6) is 5.75 Å². The first-order valence-electron chi connectivity index (χ1n) is 13.3. The predicted molar refractivity (Wildman–Crippen MR) is 163 cm³/mol. The van der Waals surface area contributed by atoms with Gasteiger partial charge in [0.25, 0.3) is 5.91 Å². The molecule has 0 unspecified atom stereocenters. The molecule has 2 N–H and O–H groups in total. The van der Waals surface area contributed by atoms with Gasteiger partial charge in [0.1, 0.15) is 17.6 Å². The van der Waals surface area contributed by atoms with Crippen molar-refractivity contribution in [3.05, 3.63) is 133 Å². The first kappa shape index (κ1) is 26.2. The molecule has 1 aliphatic heterocycles. The summed E-state index contributed by atoms with van der Waals surface area (Å²) in [6.07, 6.45) is 5.67. The standard InChI is InChI=1S/C32H28N6O2S/c1-22-12-17-28(34-20-22)37-19-7-11-27(37)31-30(26-10-5-6-18-33-26)36-32(41)38(31)24-15-13-23(14-16-24)35-29(39)21-40-25-8-3-2-4-9-25/h2-20,30-31H,21H2,1H3,(H,35,39)(H,36,41)/t30-,31+/m0/s1. The molecule has 1 fully saturated rings. The van der Waals surface area contributed by atoms with Gasteiger partial charge < -0.3 is 24.8 Å². The molecule has 0 spiro atoms. The van der Waals surface area contributed by atoms with Gasteiger partial charge in [0.15, 0.2) is 11.7 Å². The second-order valence-electron chi connectivity index (χ2n) is 9.69. The van der Waals surface area contributed by atoms with Crippen LogP contribution < -0.4 is 20.3 Å². The van der Waals surface area contributed by atoms with Gasteiger partial charge in [0.05, 0.1) is 11.7 Å². The van der Waals surface area contributed by atoms with E-state index in [9.17, 15) is 4.79 Å². The normalized spacial score (nSPS) is 16.3. The minimum Gasteiger partial charge on any atom is -0.484 e. The summed E-state index contributed by atoms with van der Waals surface area (Å²) in [6, 6.07) is 30.5. The molecular weight excluding hydrogens is 532 g/mol. The highest BCUT2D eigenvalue weighted by Crippen LogP contribution is 2.42. The summed E-state index contributed by atoms with van der Waals surface area (Å²) in [6.45, 7) is 1.94. The fourth-order valence-corrected chi connectivity index (χ4v) is 5.29. The van der Waals surface area contributed by atoms with Gasteiger partial charge in [-0.2, -0.15) is 0 Å². The van der Waals surface area contributed by atoms with Gasteiger partial charge >= 0.3 is 0 Å². The Kier molecular flexibility index (Phi) is 7.42. The Morgan fingerprint density at radius 1 is 0.951 bits per heavy atom. The van der Waals surface area contributed by atoms with E-state index >= 15 is 0 Å². The van der Waals surface area contributed by atoms with Crippen molar-refractivity contribution in [2.24, 2.45) is 0 Å². The van der Waals surface area contributed by atoms with Crippen molar-refractivity contribution in [3.8, 4) is 11.6 Å². The molecule has 2 aromatic carbocycles. The fraction of sp³-hybridized carbons (Fsp3) is 0.125. The highest BCUT2D eigenvalue weighted by molar-refractivity contribution is 7.80. The molecule has 1 aliphatic rings. The van der Waals surface area contributed by atoms with Crippen LogP contribution in [-0.2, 0) is 4.79 Å². The topological polar surface area (TPSA) is 84.3 Å². The van der Waals surface area contributed by atoms with Gasteiger partial charge in [-0.15, -0.1) is 0 Å². The number of ether oxygens (including phenoxy) is 1. The van der Waals surface area contributed by atoms with Crippen molar-refractivity contribution in [2.75, 3.05) is 16.8 Å². The summed E-state index contributed by atoms with van der Waals surface area (Å²) >= 11 is 5.89. The molecule has 1 amide bonds. The zero-order valence-corrected chi connectivity index (χ0v) is 23.2. The number of anilines is 2. The fourth-order valence-electron chi connectivity index (χ4n) is 4.95. The van der Waals surface area contributed by atoms with Crippen LogP contribution >= 0.6 is 12.2 Å². The van der Waals surface area contributed by atoms with E-state index in [1.807, 2.05) is 104 Å². The van der Waals surface area contributed by atoms with E-state index in [1.165, 1.54) is 0 Å². The van der Waals surface area contributed by atoms with Crippen molar-refractivity contribution in [1.29, 1.82) is 0 Å². The van der Waals surface area contributed by atoms with Crippen LogP contribution in [0.25, 0.3) is 5.82 Å².